The van der Waals surface area contributed by atoms with Crippen LogP contribution in [0, 0.1) is 0 Å². The van der Waals surface area contributed by atoms with Crippen LogP contribution in [0.25, 0.3) is 11.3 Å². The zero-order valence-corrected chi connectivity index (χ0v) is 10.2. The van der Waals surface area contributed by atoms with E-state index in [0.29, 0.717) is 21.3 Å². The number of halogens is 2. The van der Waals surface area contributed by atoms with Gasteiger partial charge in [-0.25, -0.2) is 9.66 Å². The van der Waals surface area contributed by atoms with Gasteiger partial charge < -0.3 is 11.5 Å². The Morgan fingerprint density at radius 3 is 2.47 bits per heavy atom. The van der Waals surface area contributed by atoms with Gasteiger partial charge in [-0.15, -0.1) is 5.10 Å². The van der Waals surface area contributed by atoms with Crippen LogP contribution in [0.2, 0.25) is 10.0 Å². The SMILES string of the molecule is NC(N)=Nn1cncc1-c1c(Cl)cccc1Cl. The Hall–Kier alpha value is -1.72. The van der Waals surface area contributed by atoms with Crippen LogP contribution < -0.4 is 11.5 Å². The van der Waals surface area contributed by atoms with Crippen LogP contribution in [0.5, 0.6) is 0 Å². The lowest BCUT2D eigenvalue weighted by molar-refractivity contribution is 0.876. The predicted molar refractivity (Wildman–Crippen MR) is 68.9 cm³/mol. The van der Waals surface area contributed by atoms with E-state index >= 15 is 0 Å². The summed E-state index contributed by atoms with van der Waals surface area (Å²) in [6.07, 6.45) is 3.05. The Morgan fingerprint density at radius 2 is 1.88 bits per heavy atom. The topological polar surface area (TPSA) is 82.2 Å². The number of nitrogens with zero attached hydrogens (tertiary/aromatic N) is 3. The fourth-order valence-corrected chi connectivity index (χ4v) is 2.01. The van der Waals surface area contributed by atoms with Crippen LogP contribution in [0.1, 0.15) is 0 Å². The van der Waals surface area contributed by atoms with Crippen molar-refractivity contribution in [1.29, 1.82) is 0 Å². The lowest BCUT2D eigenvalue weighted by atomic mass is 10.2. The van der Waals surface area contributed by atoms with Gasteiger partial charge in [0.05, 0.1) is 21.9 Å². The Morgan fingerprint density at radius 1 is 1.24 bits per heavy atom. The zero-order chi connectivity index (χ0) is 12.4. The van der Waals surface area contributed by atoms with E-state index < -0.39 is 0 Å². The highest BCUT2D eigenvalue weighted by Crippen LogP contribution is 2.34. The van der Waals surface area contributed by atoms with E-state index in [2.05, 4.69) is 10.1 Å². The number of imidazole rings is 1. The average molecular weight is 270 g/mol. The van der Waals surface area contributed by atoms with E-state index in [4.69, 9.17) is 34.7 Å². The third-order valence-electron chi connectivity index (χ3n) is 2.06. The number of guanidine groups is 1. The summed E-state index contributed by atoms with van der Waals surface area (Å²) in [6, 6.07) is 5.22. The van der Waals surface area contributed by atoms with Gasteiger partial charge in [-0.3, -0.25) is 0 Å². The van der Waals surface area contributed by atoms with E-state index in [0.717, 1.165) is 0 Å². The molecule has 0 unspecified atom stereocenters. The van der Waals surface area contributed by atoms with Gasteiger partial charge >= 0.3 is 0 Å². The Balaban J connectivity index is 2.62. The van der Waals surface area contributed by atoms with Crippen molar-refractivity contribution in [3.8, 4) is 11.3 Å². The van der Waals surface area contributed by atoms with E-state index in [-0.39, 0.29) is 5.96 Å². The summed E-state index contributed by atoms with van der Waals surface area (Å²) in [5, 5.41) is 4.90. The van der Waals surface area contributed by atoms with Crippen molar-refractivity contribution in [1.82, 2.24) is 9.66 Å². The third kappa shape index (κ3) is 2.35. The molecule has 1 aromatic heterocycles. The molecule has 0 spiro atoms. The minimum absolute atomic E-state index is 0.0765. The summed E-state index contributed by atoms with van der Waals surface area (Å²) in [7, 11) is 0. The summed E-state index contributed by atoms with van der Waals surface area (Å²) in [5.74, 6) is -0.0765. The number of hydrogen-bond donors (Lipinski definition) is 2. The van der Waals surface area contributed by atoms with Crippen molar-refractivity contribution in [2.24, 2.45) is 16.6 Å². The monoisotopic (exact) mass is 269 g/mol. The van der Waals surface area contributed by atoms with Crippen LogP contribution in [0.3, 0.4) is 0 Å². The molecule has 0 aliphatic carbocycles. The number of rotatable bonds is 2. The standard InChI is InChI=1S/C10H9Cl2N5/c11-6-2-1-3-7(12)9(6)8-4-15-5-17(8)16-10(13)14/h1-5H,(H4,13,14,16). The molecular weight excluding hydrogens is 261 g/mol. The molecule has 88 valence electrons. The molecule has 4 N–H and O–H groups in total. The average Bonchev–Trinajstić information content (AvgIpc) is 2.65. The van der Waals surface area contributed by atoms with Gasteiger partial charge in [0.2, 0.25) is 5.96 Å². The van der Waals surface area contributed by atoms with E-state index in [1.165, 1.54) is 11.0 Å². The highest BCUT2D eigenvalue weighted by molar-refractivity contribution is 6.39. The van der Waals surface area contributed by atoms with Gasteiger partial charge in [0.25, 0.3) is 0 Å². The summed E-state index contributed by atoms with van der Waals surface area (Å²) in [5.41, 5.74) is 11.9. The molecule has 0 aliphatic rings. The lowest BCUT2D eigenvalue weighted by Gasteiger charge is -2.07. The second kappa shape index (κ2) is 4.65. The number of nitrogens with two attached hydrogens (primary N) is 2. The maximum absolute atomic E-state index is 6.09. The molecule has 0 radical (unpaired) electrons. The molecule has 17 heavy (non-hydrogen) atoms. The fourth-order valence-electron chi connectivity index (χ4n) is 1.41. The molecule has 0 fully saturated rings. The summed E-state index contributed by atoms with van der Waals surface area (Å²) >= 11 is 12.2. The Bertz CT molecular complexity index is 552. The van der Waals surface area contributed by atoms with Crippen molar-refractivity contribution >= 4 is 29.2 Å². The highest BCUT2D eigenvalue weighted by atomic mass is 35.5. The van der Waals surface area contributed by atoms with Crippen LogP contribution in [0.4, 0.5) is 0 Å². The minimum atomic E-state index is -0.0765. The number of benzene rings is 1. The van der Waals surface area contributed by atoms with Crippen LogP contribution >= 0.6 is 23.2 Å². The number of aromatic nitrogens is 2. The molecule has 0 aliphatic heterocycles. The molecule has 1 heterocycles. The molecule has 5 nitrogen and oxygen atoms in total. The first-order valence-corrected chi connectivity index (χ1v) is 5.42. The first kappa shape index (κ1) is 11.8. The van der Waals surface area contributed by atoms with Crippen molar-refractivity contribution in [2.45, 2.75) is 0 Å². The lowest BCUT2D eigenvalue weighted by Crippen LogP contribution is -2.23. The molecule has 7 heteroatoms. The first-order valence-electron chi connectivity index (χ1n) is 4.66. The molecular formula is C10H9Cl2N5. The van der Waals surface area contributed by atoms with Gasteiger partial charge in [-0.2, -0.15) is 0 Å². The second-order valence-electron chi connectivity index (χ2n) is 3.24. The van der Waals surface area contributed by atoms with E-state index in [9.17, 15) is 0 Å². The molecule has 0 saturated carbocycles. The van der Waals surface area contributed by atoms with Crippen LogP contribution in [-0.4, -0.2) is 15.6 Å². The Kier molecular flexibility index (Phi) is 3.21. The fraction of sp³-hybridized carbons (Fsp3) is 0. The van der Waals surface area contributed by atoms with Gasteiger partial charge in [0, 0.05) is 5.56 Å². The summed E-state index contributed by atoms with van der Waals surface area (Å²) in [4.78, 5) is 3.96. The van der Waals surface area contributed by atoms with Crippen LogP contribution in [0.15, 0.2) is 35.8 Å². The van der Waals surface area contributed by atoms with Crippen LogP contribution in [-0.2, 0) is 0 Å². The van der Waals surface area contributed by atoms with Crippen molar-refractivity contribution in [3.05, 3.63) is 40.8 Å². The molecule has 0 atom stereocenters. The minimum Gasteiger partial charge on any atom is -0.369 e. The summed E-state index contributed by atoms with van der Waals surface area (Å²) < 4.78 is 1.42. The van der Waals surface area contributed by atoms with Crippen molar-refractivity contribution < 1.29 is 0 Å². The van der Waals surface area contributed by atoms with Gasteiger partial charge in [0.1, 0.15) is 6.33 Å². The zero-order valence-electron chi connectivity index (χ0n) is 8.64. The van der Waals surface area contributed by atoms with Crippen molar-refractivity contribution in [2.75, 3.05) is 0 Å². The van der Waals surface area contributed by atoms with Gasteiger partial charge in [-0.05, 0) is 12.1 Å². The molecule has 0 saturated heterocycles. The molecule has 0 bridgehead atoms. The maximum Gasteiger partial charge on any atom is 0.209 e. The second-order valence-corrected chi connectivity index (χ2v) is 4.06. The maximum atomic E-state index is 6.09. The first-order chi connectivity index (χ1) is 8.09. The predicted octanol–water partition coefficient (Wildman–Crippen LogP) is 1.89. The molecule has 2 aromatic rings. The van der Waals surface area contributed by atoms with Gasteiger partial charge in [0.15, 0.2) is 0 Å². The molecule has 1 aromatic carbocycles. The smallest absolute Gasteiger partial charge is 0.209 e. The van der Waals surface area contributed by atoms with Crippen molar-refractivity contribution in [3.63, 3.8) is 0 Å². The quantitative estimate of drug-likeness (QED) is 0.645. The molecule has 0 amide bonds. The Labute approximate surface area is 108 Å². The normalized spacial score (nSPS) is 10.2. The van der Waals surface area contributed by atoms with E-state index in [1.807, 2.05) is 0 Å². The molecule has 2 rings (SSSR count). The van der Waals surface area contributed by atoms with E-state index in [1.54, 1.807) is 24.4 Å². The summed E-state index contributed by atoms with van der Waals surface area (Å²) in [6.45, 7) is 0. The highest BCUT2D eigenvalue weighted by Gasteiger charge is 2.12. The third-order valence-corrected chi connectivity index (χ3v) is 2.69. The largest absolute Gasteiger partial charge is 0.369 e. The van der Waals surface area contributed by atoms with Gasteiger partial charge in [-0.1, -0.05) is 29.3 Å². The number of hydrogen-bond acceptors (Lipinski definition) is 2.